The number of nitrogens with one attached hydrogen (secondary N) is 1. The maximum Gasteiger partial charge on any atom is 0.264 e. The van der Waals surface area contributed by atoms with Crippen LogP contribution in [0.4, 0.5) is 11.4 Å². The topological polar surface area (TPSA) is 75.7 Å². The fourth-order valence-electron chi connectivity index (χ4n) is 2.85. The lowest BCUT2D eigenvalue weighted by Gasteiger charge is -2.24. The molecule has 0 unspecified atom stereocenters. The molecule has 1 N–H and O–H groups in total. The van der Waals surface area contributed by atoms with Crippen molar-refractivity contribution in [3.63, 3.8) is 0 Å². The highest BCUT2D eigenvalue weighted by molar-refractivity contribution is 7.92. The number of aryl methyl sites for hydroxylation is 1. The van der Waals surface area contributed by atoms with E-state index in [9.17, 15) is 13.2 Å². The number of carbonyl (C=O) groups excluding carboxylic acids is 1. The minimum Gasteiger partial charge on any atom is -0.497 e. The van der Waals surface area contributed by atoms with Crippen molar-refractivity contribution in [3.05, 3.63) is 83.4 Å². The van der Waals surface area contributed by atoms with Gasteiger partial charge in [0.15, 0.2) is 0 Å². The third-order valence-electron chi connectivity index (χ3n) is 4.35. The van der Waals surface area contributed by atoms with Crippen LogP contribution in [0.5, 0.6) is 5.75 Å². The van der Waals surface area contributed by atoms with E-state index in [0.717, 1.165) is 9.87 Å². The summed E-state index contributed by atoms with van der Waals surface area (Å²) in [6.45, 7) is 1.51. The Kier molecular flexibility index (Phi) is 6.64. The molecule has 0 aliphatic rings. The van der Waals surface area contributed by atoms with Crippen molar-refractivity contribution in [2.45, 2.75) is 11.8 Å². The smallest absolute Gasteiger partial charge is 0.264 e. The number of nitrogens with zero attached hydrogens (tertiary/aromatic N) is 1. The lowest BCUT2D eigenvalue weighted by Crippen LogP contribution is -2.38. The first-order valence-electron chi connectivity index (χ1n) is 9.08. The molecule has 3 rings (SSSR count). The summed E-state index contributed by atoms with van der Waals surface area (Å²) in [4.78, 5) is 12.7. The van der Waals surface area contributed by atoms with E-state index in [4.69, 9.17) is 16.3 Å². The molecule has 0 atom stereocenters. The van der Waals surface area contributed by atoms with Crippen molar-refractivity contribution < 1.29 is 17.9 Å². The number of hydrogen-bond acceptors (Lipinski definition) is 4. The van der Waals surface area contributed by atoms with E-state index in [1.807, 2.05) is 25.1 Å². The minimum absolute atomic E-state index is 0.0432. The summed E-state index contributed by atoms with van der Waals surface area (Å²) in [6, 6.07) is 19.5. The second-order valence-electron chi connectivity index (χ2n) is 6.58. The highest BCUT2D eigenvalue weighted by Crippen LogP contribution is 2.26. The van der Waals surface area contributed by atoms with Crippen LogP contribution >= 0.6 is 11.6 Å². The average molecular weight is 445 g/mol. The number of carbonyl (C=O) groups is 1. The van der Waals surface area contributed by atoms with E-state index >= 15 is 0 Å². The number of methoxy groups -OCH3 is 1. The van der Waals surface area contributed by atoms with Crippen LogP contribution in [0, 0.1) is 6.92 Å². The van der Waals surface area contributed by atoms with Crippen molar-refractivity contribution in [1.29, 1.82) is 0 Å². The van der Waals surface area contributed by atoms with Gasteiger partial charge in [0.1, 0.15) is 12.3 Å². The second-order valence-corrected chi connectivity index (χ2v) is 8.88. The summed E-state index contributed by atoms with van der Waals surface area (Å²) < 4.78 is 32.8. The SMILES string of the molecule is COc1ccc(S(=O)(=O)N(CC(=O)Nc2cccc(C)c2)c2ccc(Cl)cc2)cc1. The number of anilines is 2. The van der Waals surface area contributed by atoms with Crippen molar-refractivity contribution >= 4 is 38.9 Å². The van der Waals surface area contributed by atoms with Gasteiger partial charge in [0.25, 0.3) is 10.0 Å². The van der Waals surface area contributed by atoms with Crippen molar-refractivity contribution in [2.24, 2.45) is 0 Å². The van der Waals surface area contributed by atoms with E-state index < -0.39 is 22.5 Å². The van der Waals surface area contributed by atoms with Crippen molar-refractivity contribution in [1.82, 2.24) is 0 Å². The molecule has 0 spiro atoms. The van der Waals surface area contributed by atoms with Crippen LogP contribution in [0.25, 0.3) is 0 Å². The number of sulfonamides is 1. The molecule has 156 valence electrons. The van der Waals surface area contributed by atoms with Gasteiger partial charge in [-0.15, -0.1) is 0 Å². The van der Waals surface area contributed by atoms with Gasteiger partial charge in [-0.1, -0.05) is 23.7 Å². The van der Waals surface area contributed by atoms with Crippen molar-refractivity contribution in [3.8, 4) is 5.75 Å². The largest absolute Gasteiger partial charge is 0.497 e. The van der Waals surface area contributed by atoms with Crippen LogP contribution < -0.4 is 14.4 Å². The van der Waals surface area contributed by atoms with Gasteiger partial charge >= 0.3 is 0 Å². The summed E-state index contributed by atoms with van der Waals surface area (Å²) in [6.07, 6.45) is 0. The molecule has 0 aromatic heterocycles. The Labute approximate surface area is 181 Å². The summed E-state index contributed by atoms with van der Waals surface area (Å²) >= 11 is 5.95. The quantitative estimate of drug-likeness (QED) is 0.582. The van der Waals surface area contributed by atoms with E-state index in [1.165, 1.54) is 19.2 Å². The first-order valence-corrected chi connectivity index (χ1v) is 10.9. The lowest BCUT2D eigenvalue weighted by atomic mass is 10.2. The number of amides is 1. The predicted octanol–water partition coefficient (Wildman–Crippen LogP) is 4.49. The van der Waals surface area contributed by atoms with Crippen LogP contribution in [-0.4, -0.2) is 28.0 Å². The van der Waals surface area contributed by atoms with Crippen LogP contribution in [0.3, 0.4) is 0 Å². The Bertz CT molecular complexity index is 1130. The Morgan fingerprint density at radius 3 is 2.30 bits per heavy atom. The molecule has 3 aromatic carbocycles. The third kappa shape index (κ3) is 5.11. The first kappa shape index (κ1) is 21.7. The van der Waals surface area contributed by atoms with Crippen LogP contribution in [-0.2, 0) is 14.8 Å². The molecule has 30 heavy (non-hydrogen) atoms. The van der Waals surface area contributed by atoms with E-state index in [1.54, 1.807) is 42.5 Å². The molecule has 0 saturated carbocycles. The molecule has 0 radical (unpaired) electrons. The Hall–Kier alpha value is -3.03. The lowest BCUT2D eigenvalue weighted by molar-refractivity contribution is -0.114. The molecular formula is C22H21ClN2O4S. The molecule has 8 heteroatoms. The molecule has 0 aliphatic carbocycles. The first-order chi connectivity index (χ1) is 14.3. The van der Waals surface area contributed by atoms with Gasteiger partial charge in [0, 0.05) is 10.7 Å². The van der Waals surface area contributed by atoms with Crippen LogP contribution in [0.2, 0.25) is 5.02 Å². The zero-order valence-corrected chi connectivity index (χ0v) is 18.1. The van der Waals surface area contributed by atoms with Gasteiger partial charge in [0.2, 0.25) is 5.91 Å². The highest BCUT2D eigenvalue weighted by Gasteiger charge is 2.27. The number of hydrogen-bond donors (Lipinski definition) is 1. The molecular weight excluding hydrogens is 424 g/mol. The molecule has 0 aliphatic heterocycles. The predicted molar refractivity (Wildman–Crippen MR) is 119 cm³/mol. The van der Waals surface area contributed by atoms with E-state index in [2.05, 4.69) is 5.32 Å². The Balaban J connectivity index is 1.93. The maximum atomic E-state index is 13.3. The molecule has 1 amide bonds. The molecule has 0 fully saturated rings. The third-order valence-corrected chi connectivity index (χ3v) is 6.39. The Morgan fingerprint density at radius 1 is 1.03 bits per heavy atom. The number of benzene rings is 3. The van der Waals surface area contributed by atoms with Gasteiger partial charge < -0.3 is 10.1 Å². The van der Waals surface area contributed by atoms with E-state index in [0.29, 0.717) is 22.1 Å². The average Bonchev–Trinajstić information content (AvgIpc) is 2.73. The fourth-order valence-corrected chi connectivity index (χ4v) is 4.40. The van der Waals surface area contributed by atoms with Gasteiger partial charge in [-0.05, 0) is 73.2 Å². The molecule has 0 bridgehead atoms. The standard InChI is InChI=1S/C22H21ClN2O4S/c1-16-4-3-5-18(14-16)24-22(26)15-25(19-8-6-17(23)7-9-19)30(27,28)21-12-10-20(29-2)11-13-21/h3-14H,15H2,1-2H3,(H,24,26). The van der Waals surface area contributed by atoms with Gasteiger partial charge in [-0.2, -0.15) is 0 Å². The normalized spacial score (nSPS) is 11.0. The van der Waals surface area contributed by atoms with Crippen LogP contribution in [0.15, 0.2) is 77.7 Å². The molecule has 0 heterocycles. The van der Waals surface area contributed by atoms with E-state index in [-0.39, 0.29) is 4.90 Å². The van der Waals surface area contributed by atoms with Crippen LogP contribution in [0.1, 0.15) is 5.56 Å². The van der Waals surface area contributed by atoms with Gasteiger partial charge in [-0.3, -0.25) is 9.10 Å². The molecule has 6 nitrogen and oxygen atoms in total. The molecule has 0 saturated heterocycles. The second kappa shape index (κ2) is 9.19. The minimum atomic E-state index is -4.01. The monoisotopic (exact) mass is 444 g/mol. The van der Waals surface area contributed by atoms with Crippen molar-refractivity contribution in [2.75, 3.05) is 23.3 Å². The number of rotatable bonds is 7. The fraction of sp³-hybridized carbons (Fsp3) is 0.136. The summed E-state index contributed by atoms with van der Waals surface area (Å²) in [5.74, 6) is 0.0665. The zero-order chi connectivity index (χ0) is 21.7. The maximum absolute atomic E-state index is 13.3. The summed E-state index contributed by atoms with van der Waals surface area (Å²) in [5.41, 5.74) is 1.90. The molecule has 3 aromatic rings. The number of ether oxygens (including phenoxy) is 1. The summed E-state index contributed by atoms with van der Waals surface area (Å²) in [7, 11) is -2.51. The van der Waals surface area contributed by atoms with Gasteiger partial charge in [-0.25, -0.2) is 8.42 Å². The van der Waals surface area contributed by atoms with Gasteiger partial charge in [0.05, 0.1) is 17.7 Å². The zero-order valence-electron chi connectivity index (χ0n) is 16.5. The summed E-state index contributed by atoms with van der Waals surface area (Å²) in [5, 5.41) is 3.21. The highest BCUT2D eigenvalue weighted by atomic mass is 35.5. The number of halogens is 1. The Morgan fingerprint density at radius 2 is 1.70 bits per heavy atom.